The molecule has 0 bridgehead atoms. The van der Waals surface area contributed by atoms with Gasteiger partial charge in [0.05, 0.1) is 24.7 Å². The number of carbonyl (C=O) groups excluding carboxylic acids is 1. The summed E-state index contributed by atoms with van der Waals surface area (Å²) in [5, 5.41) is 9.72. The quantitative estimate of drug-likeness (QED) is 0.501. The van der Waals surface area contributed by atoms with Crippen molar-refractivity contribution in [2.45, 2.75) is 37.8 Å². The van der Waals surface area contributed by atoms with Crippen molar-refractivity contribution in [3.8, 4) is 0 Å². The first-order valence-electron chi connectivity index (χ1n) is 10.7. The van der Waals surface area contributed by atoms with E-state index >= 15 is 0 Å². The Morgan fingerprint density at radius 3 is 2.53 bits per heavy atom. The number of anilines is 1. The van der Waals surface area contributed by atoms with Crippen molar-refractivity contribution in [1.29, 1.82) is 0 Å². The lowest BCUT2D eigenvalue weighted by Gasteiger charge is -2.43. The van der Waals surface area contributed by atoms with Gasteiger partial charge in [-0.05, 0) is 36.8 Å². The molecule has 0 radical (unpaired) electrons. The number of alkyl halides is 5. The summed E-state index contributed by atoms with van der Waals surface area (Å²) in [5.74, 6) is -2.64. The van der Waals surface area contributed by atoms with Crippen LogP contribution in [-0.4, -0.2) is 55.7 Å². The highest BCUT2D eigenvalue weighted by atomic mass is 19.4. The molecule has 1 spiro atoms. The number of nitrogens with one attached hydrogen (secondary N) is 1. The number of hydrogen-bond donors (Lipinski definition) is 2. The topological polar surface area (TPSA) is 119 Å². The van der Waals surface area contributed by atoms with Crippen LogP contribution in [-0.2, 0) is 9.53 Å². The Morgan fingerprint density at radius 1 is 1.19 bits per heavy atom. The third-order valence-corrected chi connectivity index (χ3v) is 6.03. The summed E-state index contributed by atoms with van der Waals surface area (Å²) in [4.78, 5) is 33.8. The van der Waals surface area contributed by atoms with Gasteiger partial charge in [0.25, 0.3) is 12.3 Å². The summed E-state index contributed by atoms with van der Waals surface area (Å²) >= 11 is 0. The van der Waals surface area contributed by atoms with Gasteiger partial charge in [0.15, 0.2) is 5.65 Å². The minimum atomic E-state index is -5.08. The van der Waals surface area contributed by atoms with Gasteiger partial charge in [-0.15, -0.1) is 0 Å². The summed E-state index contributed by atoms with van der Waals surface area (Å²) in [6.07, 6.45) is 0.664. The van der Waals surface area contributed by atoms with Crippen LogP contribution in [0.5, 0.6) is 0 Å². The molecule has 0 atom stereocenters. The van der Waals surface area contributed by atoms with Crippen LogP contribution in [0.15, 0.2) is 36.8 Å². The number of carboxylic acids is 1. The summed E-state index contributed by atoms with van der Waals surface area (Å²) in [5.41, 5.74) is 1.51. The molecule has 36 heavy (non-hydrogen) atoms. The Bertz CT molecular complexity index is 1270. The van der Waals surface area contributed by atoms with Crippen LogP contribution >= 0.6 is 0 Å². The molecule has 1 amide bonds. The highest BCUT2D eigenvalue weighted by Crippen LogP contribution is 2.55. The lowest BCUT2D eigenvalue weighted by Crippen LogP contribution is -2.36. The summed E-state index contributed by atoms with van der Waals surface area (Å²) in [6.45, 7) is 1.69. The molecule has 3 aromatic heterocycles. The van der Waals surface area contributed by atoms with E-state index in [0.717, 1.165) is 38.2 Å². The van der Waals surface area contributed by atoms with Crippen LogP contribution in [0.2, 0.25) is 0 Å². The molecule has 9 nitrogen and oxygen atoms in total. The van der Waals surface area contributed by atoms with Gasteiger partial charge in [0, 0.05) is 18.7 Å². The van der Waals surface area contributed by atoms with Crippen molar-refractivity contribution in [3.05, 3.63) is 53.9 Å². The van der Waals surface area contributed by atoms with Crippen LogP contribution in [0.4, 0.5) is 27.8 Å². The number of halogens is 5. The van der Waals surface area contributed by atoms with E-state index < -0.39 is 30.2 Å². The molecule has 3 aromatic rings. The first-order valence-corrected chi connectivity index (χ1v) is 10.7. The normalized spacial score (nSPS) is 21.2. The van der Waals surface area contributed by atoms with E-state index in [-0.39, 0.29) is 5.69 Å². The molecule has 1 aliphatic carbocycles. The number of amides is 1. The maximum Gasteiger partial charge on any atom is 0.490 e. The molecule has 1 saturated carbocycles. The first kappa shape index (κ1) is 25.4. The first-order chi connectivity index (χ1) is 17.0. The molecule has 0 unspecified atom stereocenters. The number of nitrogens with zero attached hydrogens (tertiary/aromatic N) is 4. The number of aromatic nitrogens is 4. The van der Waals surface area contributed by atoms with E-state index in [4.69, 9.17) is 14.6 Å². The van der Waals surface area contributed by atoms with Crippen molar-refractivity contribution in [1.82, 2.24) is 19.4 Å². The zero-order valence-corrected chi connectivity index (χ0v) is 18.5. The number of hydrogen-bond acceptors (Lipinski definition) is 6. The smallest absolute Gasteiger partial charge is 0.475 e. The Hall–Kier alpha value is -3.68. The number of pyridine rings is 1. The number of ether oxygens (including phenoxy) is 1. The van der Waals surface area contributed by atoms with Gasteiger partial charge < -0.3 is 19.6 Å². The molecule has 192 valence electrons. The summed E-state index contributed by atoms with van der Waals surface area (Å²) in [7, 11) is 0. The molecule has 1 saturated heterocycles. The maximum atomic E-state index is 12.8. The van der Waals surface area contributed by atoms with Crippen molar-refractivity contribution < 1.29 is 41.4 Å². The molecule has 14 heteroatoms. The Kier molecular flexibility index (Phi) is 6.89. The largest absolute Gasteiger partial charge is 0.490 e. The highest BCUT2D eigenvalue weighted by molar-refractivity contribution is 6.02. The Labute approximate surface area is 200 Å². The predicted molar refractivity (Wildman–Crippen MR) is 114 cm³/mol. The molecule has 2 N–H and O–H groups in total. The molecule has 5 rings (SSSR count). The minimum Gasteiger partial charge on any atom is -0.475 e. The number of aliphatic carboxylic acids is 1. The third-order valence-electron chi connectivity index (χ3n) is 6.03. The Balaban J connectivity index is 0.000000384. The SMILES string of the molecule is O=C(Nc1cn2cc(C3CC4(CCOC4)C3)nc2cn1)c1cccc(C(F)F)n1.O=C(O)C(F)(F)F. The number of rotatable bonds is 4. The highest BCUT2D eigenvalue weighted by Gasteiger charge is 2.47. The van der Waals surface area contributed by atoms with Gasteiger partial charge in [-0.3, -0.25) is 4.79 Å². The zero-order valence-electron chi connectivity index (χ0n) is 18.5. The molecular weight excluding hydrogens is 493 g/mol. The monoisotopic (exact) mass is 513 g/mol. The van der Waals surface area contributed by atoms with Gasteiger partial charge in [-0.25, -0.2) is 28.5 Å². The van der Waals surface area contributed by atoms with Crippen molar-refractivity contribution in [3.63, 3.8) is 0 Å². The molecule has 2 aliphatic rings. The van der Waals surface area contributed by atoms with Crippen LogP contribution in [0.1, 0.15) is 53.5 Å². The van der Waals surface area contributed by atoms with Gasteiger partial charge in [0.1, 0.15) is 17.2 Å². The summed E-state index contributed by atoms with van der Waals surface area (Å²) in [6, 6.07) is 3.94. The minimum absolute atomic E-state index is 0.0884. The lowest BCUT2D eigenvalue weighted by atomic mass is 9.61. The lowest BCUT2D eigenvalue weighted by molar-refractivity contribution is -0.192. The number of fused-ring (bicyclic) bond motifs is 1. The fourth-order valence-electron chi connectivity index (χ4n) is 4.23. The maximum absolute atomic E-state index is 12.8. The molecule has 2 fully saturated rings. The van der Waals surface area contributed by atoms with Crippen molar-refractivity contribution >= 4 is 23.3 Å². The van der Waals surface area contributed by atoms with E-state index in [0.29, 0.717) is 22.8 Å². The molecular formula is C22H20F5N5O4. The molecule has 0 aromatic carbocycles. The van der Waals surface area contributed by atoms with Gasteiger partial charge in [-0.2, -0.15) is 13.2 Å². The fourth-order valence-corrected chi connectivity index (χ4v) is 4.23. The van der Waals surface area contributed by atoms with Gasteiger partial charge in [-0.1, -0.05) is 6.07 Å². The van der Waals surface area contributed by atoms with E-state index in [1.807, 2.05) is 10.6 Å². The Morgan fingerprint density at radius 2 is 1.92 bits per heavy atom. The fraction of sp³-hybridized carbons (Fsp3) is 0.409. The van der Waals surface area contributed by atoms with E-state index in [1.165, 1.54) is 18.2 Å². The summed E-state index contributed by atoms with van der Waals surface area (Å²) < 4.78 is 64.7. The van der Waals surface area contributed by atoms with Crippen molar-refractivity contribution in [2.24, 2.45) is 5.41 Å². The third kappa shape index (κ3) is 5.58. The van der Waals surface area contributed by atoms with Crippen LogP contribution in [0.3, 0.4) is 0 Å². The van der Waals surface area contributed by atoms with Crippen LogP contribution in [0.25, 0.3) is 5.65 Å². The molecule has 1 aliphatic heterocycles. The second-order valence-corrected chi connectivity index (χ2v) is 8.62. The number of carbonyl (C=O) groups is 2. The molecule has 4 heterocycles. The second kappa shape index (κ2) is 9.76. The predicted octanol–water partition coefficient (Wildman–Crippen LogP) is 4.23. The van der Waals surface area contributed by atoms with E-state index in [2.05, 4.69) is 20.3 Å². The zero-order chi connectivity index (χ0) is 26.1. The number of carboxylic acid groups (broad SMARTS) is 1. The van der Waals surface area contributed by atoms with Crippen LogP contribution in [0, 0.1) is 5.41 Å². The average Bonchev–Trinajstić information content (AvgIpc) is 3.45. The van der Waals surface area contributed by atoms with E-state index in [9.17, 15) is 26.7 Å². The second-order valence-electron chi connectivity index (χ2n) is 8.62. The van der Waals surface area contributed by atoms with Crippen molar-refractivity contribution in [2.75, 3.05) is 18.5 Å². The van der Waals surface area contributed by atoms with E-state index in [1.54, 1.807) is 12.4 Å². The van der Waals surface area contributed by atoms with Crippen LogP contribution < -0.4 is 5.32 Å². The standard InChI is InChI=1S/C20H19F2N5O2.C2HF3O2/c21-18(22)13-2-1-3-14(24-13)19(28)26-16-10-27-9-15(25-17(27)8-23-16)12-6-20(7-12)4-5-29-11-20;3-2(4,5)1(6)7/h1-3,8-10,12,18H,4-7,11H2,(H,26,28);(H,6,7). The van der Waals surface area contributed by atoms with Gasteiger partial charge in [0.2, 0.25) is 0 Å². The average molecular weight is 513 g/mol. The van der Waals surface area contributed by atoms with Gasteiger partial charge >= 0.3 is 12.1 Å². The number of imidazole rings is 1.